The molecule has 7 N–H and O–H groups in total. The van der Waals surface area contributed by atoms with Crippen molar-refractivity contribution in [2.75, 3.05) is 6.54 Å². The highest BCUT2D eigenvalue weighted by atomic mass is 16.4. The van der Waals surface area contributed by atoms with E-state index in [0.717, 1.165) is 0 Å². The van der Waals surface area contributed by atoms with Crippen LogP contribution in [0.5, 0.6) is 0 Å². The summed E-state index contributed by atoms with van der Waals surface area (Å²) in [6.45, 7) is 3.07. The number of rotatable bonds is 8. The molecule has 9 heteroatoms. The number of carbonyl (C=O) groups is 4. The number of primary amides is 1. The van der Waals surface area contributed by atoms with Gasteiger partial charge in [-0.15, -0.1) is 0 Å². The van der Waals surface area contributed by atoms with E-state index in [1.54, 1.807) is 13.8 Å². The lowest BCUT2D eigenvalue weighted by Gasteiger charge is -2.16. The average molecular weight is 288 g/mol. The van der Waals surface area contributed by atoms with Crippen LogP contribution in [0.1, 0.15) is 20.3 Å². The third kappa shape index (κ3) is 6.69. The summed E-state index contributed by atoms with van der Waals surface area (Å²) in [4.78, 5) is 44.4. The van der Waals surface area contributed by atoms with Gasteiger partial charge in [0.05, 0.1) is 19.0 Å². The smallest absolute Gasteiger partial charge is 0.326 e. The second-order valence-corrected chi connectivity index (χ2v) is 4.62. The van der Waals surface area contributed by atoms with E-state index in [0.29, 0.717) is 0 Å². The van der Waals surface area contributed by atoms with E-state index in [1.165, 1.54) is 0 Å². The maximum absolute atomic E-state index is 11.5. The van der Waals surface area contributed by atoms with Crippen molar-refractivity contribution in [3.05, 3.63) is 0 Å². The summed E-state index contributed by atoms with van der Waals surface area (Å²) < 4.78 is 0. The van der Waals surface area contributed by atoms with Crippen LogP contribution < -0.4 is 22.1 Å². The molecule has 9 nitrogen and oxygen atoms in total. The highest BCUT2D eigenvalue weighted by Crippen LogP contribution is 1.97. The number of carboxylic acid groups (broad SMARTS) is 1. The van der Waals surface area contributed by atoms with Crippen LogP contribution >= 0.6 is 0 Å². The topological polar surface area (TPSA) is 165 Å². The van der Waals surface area contributed by atoms with Crippen LogP contribution in [-0.2, 0) is 19.2 Å². The number of carbonyl (C=O) groups excluding carboxylic acids is 3. The third-order valence-corrected chi connectivity index (χ3v) is 2.48. The molecule has 114 valence electrons. The maximum Gasteiger partial charge on any atom is 0.326 e. The minimum atomic E-state index is -1.42. The van der Waals surface area contributed by atoms with Gasteiger partial charge in [-0.1, -0.05) is 13.8 Å². The first-order valence-electron chi connectivity index (χ1n) is 5.99. The molecule has 2 atom stereocenters. The van der Waals surface area contributed by atoms with Gasteiger partial charge in [-0.3, -0.25) is 14.4 Å². The number of hydrogen-bond acceptors (Lipinski definition) is 5. The Kier molecular flexibility index (Phi) is 7.22. The molecular weight excluding hydrogens is 268 g/mol. The molecule has 0 radical (unpaired) electrons. The fourth-order valence-corrected chi connectivity index (χ4v) is 1.23. The molecule has 0 aliphatic carbocycles. The number of amides is 3. The standard InChI is InChI=1S/C11H20N4O5/c1-5(2)9(13)10(18)14-4-8(17)15-6(11(19)20)3-7(12)16/h5-6,9H,3-4,13H2,1-2H3,(H2,12,16)(H,14,18)(H,15,17)(H,19,20). The number of hydrogen-bond donors (Lipinski definition) is 5. The van der Waals surface area contributed by atoms with Crippen LogP contribution in [-0.4, -0.2) is 47.4 Å². The van der Waals surface area contributed by atoms with Crippen molar-refractivity contribution in [1.82, 2.24) is 10.6 Å². The Morgan fingerprint density at radius 1 is 1.20 bits per heavy atom. The summed E-state index contributed by atoms with van der Waals surface area (Å²) in [5.74, 6) is -3.61. The molecule has 0 bridgehead atoms. The minimum Gasteiger partial charge on any atom is -0.480 e. The molecule has 0 aromatic rings. The van der Waals surface area contributed by atoms with E-state index < -0.39 is 48.7 Å². The van der Waals surface area contributed by atoms with Crippen molar-refractivity contribution in [2.24, 2.45) is 17.4 Å². The first-order chi connectivity index (χ1) is 9.15. The largest absolute Gasteiger partial charge is 0.480 e. The van der Waals surface area contributed by atoms with Gasteiger partial charge < -0.3 is 27.2 Å². The van der Waals surface area contributed by atoms with Crippen molar-refractivity contribution >= 4 is 23.7 Å². The molecule has 0 aromatic heterocycles. The van der Waals surface area contributed by atoms with Crippen LogP contribution in [0.3, 0.4) is 0 Å². The van der Waals surface area contributed by atoms with Crippen molar-refractivity contribution in [3.8, 4) is 0 Å². The normalized spacial score (nSPS) is 13.4. The molecule has 0 fully saturated rings. The SMILES string of the molecule is CC(C)C(N)C(=O)NCC(=O)NC(CC(N)=O)C(=O)O. The number of aliphatic carboxylic acids is 1. The quantitative estimate of drug-likeness (QED) is 0.332. The van der Waals surface area contributed by atoms with E-state index in [-0.39, 0.29) is 5.92 Å². The van der Waals surface area contributed by atoms with E-state index in [4.69, 9.17) is 16.6 Å². The molecule has 0 saturated carbocycles. The van der Waals surface area contributed by atoms with Crippen molar-refractivity contribution < 1.29 is 24.3 Å². The van der Waals surface area contributed by atoms with E-state index >= 15 is 0 Å². The van der Waals surface area contributed by atoms with E-state index in [9.17, 15) is 19.2 Å². The summed E-state index contributed by atoms with van der Waals surface area (Å²) >= 11 is 0. The van der Waals surface area contributed by atoms with Crippen LogP contribution in [0.15, 0.2) is 0 Å². The molecular formula is C11H20N4O5. The van der Waals surface area contributed by atoms with Gasteiger partial charge in [-0.25, -0.2) is 4.79 Å². The summed E-state index contributed by atoms with van der Waals surface area (Å²) in [5.41, 5.74) is 10.4. The zero-order valence-electron chi connectivity index (χ0n) is 11.4. The zero-order valence-corrected chi connectivity index (χ0v) is 11.4. The van der Waals surface area contributed by atoms with Gasteiger partial charge in [0.25, 0.3) is 0 Å². The van der Waals surface area contributed by atoms with E-state index in [1.807, 2.05) is 0 Å². The Balaban J connectivity index is 4.30. The monoisotopic (exact) mass is 288 g/mol. The lowest BCUT2D eigenvalue weighted by molar-refractivity contribution is -0.143. The summed E-state index contributed by atoms with van der Waals surface area (Å²) in [7, 11) is 0. The molecule has 0 saturated heterocycles. The first kappa shape index (κ1) is 17.8. The highest BCUT2D eigenvalue weighted by Gasteiger charge is 2.23. The van der Waals surface area contributed by atoms with Crippen molar-refractivity contribution in [3.63, 3.8) is 0 Å². The predicted octanol–water partition coefficient (Wildman–Crippen LogP) is -2.47. The predicted molar refractivity (Wildman–Crippen MR) is 69.2 cm³/mol. The van der Waals surface area contributed by atoms with Gasteiger partial charge >= 0.3 is 5.97 Å². The fourth-order valence-electron chi connectivity index (χ4n) is 1.23. The molecule has 2 unspecified atom stereocenters. The first-order valence-corrected chi connectivity index (χ1v) is 5.99. The highest BCUT2D eigenvalue weighted by molar-refractivity contribution is 5.91. The second kappa shape index (κ2) is 8.10. The number of nitrogens with two attached hydrogens (primary N) is 2. The Morgan fingerprint density at radius 3 is 2.15 bits per heavy atom. The second-order valence-electron chi connectivity index (χ2n) is 4.62. The Bertz CT molecular complexity index is 396. The van der Waals surface area contributed by atoms with Crippen LogP contribution in [0, 0.1) is 5.92 Å². The summed E-state index contributed by atoms with van der Waals surface area (Å²) in [5, 5.41) is 13.1. The van der Waals surface area contributed by atoms with Crippen LogP contribution in [0.4, 0.5) is 0 Å². The molecule has 3 amide bonds. The molecule has 0 aliphatic heterocycles. The zero-order chi connectivity index (χ0) is 15.9. The Morgan fingerprint density at radius 2 is 1.75 bits per heavy atom. The molecule has 20 heavy (non-hydrogen) atoms. The van der Waals surface area contributed by atoms with Crippen LogP contribution in [0.2, 0.25) is 0 Å². The fraction of sp³-hybridized carbons (Fsp3) is 0.636. The van der Waals surface area contributed by atoms with Crippen molar-refractivity contribution in [1.29, 1.82) is 0 Å². The van der Waals surface area contributed by atoms with Gasteiger partial charge in [0.1, 0.15) is 6.04 Å². The van der Waals surface area contributed by atoms with Gasteiger partial charge in [0.15, 0.2) is 0 Å². The van der Waals surface area contributed by atoms with Gasteiger partial charge in [0, 0.05) is 0 Å². The Labute approximate surface area is 116 Å². The Hall–Kier alpha value is -2.16. The third-order valence-electron chi connectivity index (χ3n) is 2.48. The lowest BCUT2D eigenvalue weighted by atomic mass is 10.1. The average Bonchev–Trinajstić information content (AvgIpc) is 2.33. The molecule has 0 aliphatic rings. The van der Waals surface area contributed by atoms with E-state index in [2.05, 4.69) is 10.6 Å². The van der Waals surface area contributed by atoms with Gasteiger partial charge in [-0.2, -0.15) is 0 Å². The minimum absolute atomic E-state index is 0.0975. The molecule has 0 spiro atoms. The van der Waals surface area contributed by atoms with Crippen LogP contribution in [0.25, 0.3) is 0 Å². The number of nitrogens with one attached hydrogen (secondary N) is 2. The van der Waals surface area contributed by atoms with Crippen molar-refractivity contribution in [2.45, 2.75) is 32.4 Å². The van der Waals surface area contributed by atoms with Gasteiger partial charge in [0.2, 0.25) is 17.7 Å². The number of carboxylic acids is 1. The lowest BCUT2D eigenvalue weighted by Crippen LogP contribution is -2.50. The molecule has 0 aromatic carbocycles. The molecule has 0 heterocycles. The summed E-state index contributed by atoms with van der Waals surface area (Å²) in [6, 6.07) is -2.18. The van der Waals surface area contributed by atoms with Gasteiger partial charge in [-0.05, 0) is 5.92 Å². The maximum atomic E-state index is 11.5. The molecule has 0 rings (SSSR count). The summed E-state index contributed by atoms with van der Waals surface area (Å²) in [6.07, 6.45) is -0.527.